The Labute approximate surface area is 120 Å². The molecule has 0 aliphatic heterocycles. The molecule has 0 aromatic heterocycles. The third kappa shape index (κ3) is 3.87. The number of rotatable bonds is 7. The molecule has 1 amide bonds. The van der Waals surface area contributed by atoms with E-state index >= 15 is 0 Å². The Morgan fingerprint density at radius 3 is 2.60 bits per heavy atom. The number of methoxy groups -OCH3 is 1. The zero-order valence-corrected chi connectivity index (χ0v) is 12.3. The normalized spacial score (nSPS) is 12.2. The number of aliphatic hydroxyl groups is 1. The van der Waals surface area contributed by atoms with Crippen molar-refractivity contribution >= 4 is 11.6 Å². The number of nitrogens with two attached hydrogens (primary N) is 1. The molecule has 1 unspecified atom stereocenters. The SMILES string of the molecule is CCC(CC)C(O)CNC(=O)c1c(N)cccc1OC. The fraction of sp³-hybridized carbons (Fsp3) is 0.533. The average Bonchev–Trinajstić information content (AvgIpc) is 2.45. The Morgan fingerprint density at radius 1 is 1.40 bits per heavy atom. The number of nitrogens with one attached hydrogen (secondary N) is 1. The van der Waals surface area contributed by atoms with Crippen LogP contribution in [0, 0.1) is 5.92 Å². The number of aliphatic hydroxyl groups excluding tert-OH is 1. The summed E-state index contributed by atoms with van der Waals surface area (Å²) in [6.07, 6.45) is 1.21. The van der Waals surface area contributed by atoms with Crippen LogP contribution in [0.25, 0.3) is 0 Å². The number of ether oxygens (including phenoxy) is 1. The monoisotopic (exact) mass is 280 g/mol. The van der Waals surface area contributed by atoms with Crippen LogP contribution in [0.3, 0.4) is 0 Å². The molecule has 0 spiro atoms. The summed E-state index contributed by atoms with van der Waals surface area (Å²) >= 11 is 0. The number of amides is 1. The van der Waals surface area contributed by atoms with Gasteiger partial charge in [0.05, 0.1) is 13.2 Å². The molecule has 0 aliphatic carbocycles. The summed E-state index contributed by atoms with van der Waals surface area (Å²) in [6.45, 7) is 4.26. The topological polar surface area (TPSA) is 84.6 Å². The van der Waals surface area contributed by atoms with Crippen LogP contribution >= 0.6 is 0 Å². The number of carbonyl (C=O) groups excluding carboxylic acids is 1. The van der Waals surface area contributed by atoms with E-state index in [1.807, 2.05) is 13.8 Å². The molecule has 20 heavy (non-hydrogen) atoms. The number of nitrogen functional groups attached to an aromatic ring is 1. The lowest BCUT2D eigenvalue weighted by Gasteiger charge is -2.20. The summed E-state index contributed by atoms with van der Waals surface area (Å²) in [5.74, 6) is 0.287. The van der Waals surface area contributed by atoms with E-state index < -0.39 is 6.10 Å². The molecule has 1 aromatic carbocycles. The van der Waals surface area contributed by atoms with Gasteiger partial charge in [0.15, 0.2) is 0 Å². The zero-order valence-electron chi connectivity index (χ0n) is 12.3. The third-order valence-electron chi connectivity index (χ3n) is 3.57. The highest BCUT2D eigenvalue weighted by Gasteiger charge is 2.19. The summed E-state index contributed by atoms with van der Waals surface area (Å²) in [5.41, 5.74) is 6.48. The third-order valence-corrected chi connectivity index (χ3v) is 3.57. The van der Waals surface area contributed by atoms with Gasteiger partial charge < -0.3 is 20.9 Å². The van der Waals surface area contributed by atoms with Gasteiger partial charge in [-0.05, 0) is 18.1 Å². The smallest absolute Gasteiger partial charge is 0.257 e. The van der Waals surface area contributed by atoms with Crippen LogP contribution in [0.2, 0.25) is 0 Å². The van der Waals surface area contributed by atoms with E-state index in [-0.39, 0.29) is 18.4 Å². The van der Waals surface area contributed by atoms with E-state index in [0.717, 1.165) is 12.8 Å². The minimum atomic E-state index is -0.551. The molecule has 0 heterocycles. The fourth-order valence-electron chi connectivity index (χ4n) is 2.25. The maximum Gasteiger partial charge on any atom is 0.257 e. The summed E-state index contributed by atoms with van der Waals surface area (Å²) in [4.78, 5) is 12.2. The van der Waals surface area contributed by atoms with Gasteiger partial charge in [-0.25, -0.2) is 0 Å². The Kier molecular flexibility index (Phi) is 6.31. The molecule has 0 saturated heterocycles. The van der Waals surface area contributed by atoms with Gasteiger partial charge in [-0.1, -0.05) is 32.8 Å². The van der Waals surface area contributed by atoms with E-state index in [1.54, 1.807) is 18.2 Å². The van der Waals surface area contributed by atoms with E-state index in [1.165, 1.54) is 7.11 Å². The molecule has 5 heteroatoms. The van der Waals surface area contributed by atoms with E-state index in [0.29, 0.717) is 17.0 Å². The van der Waals surface area contributed by atoms with Gasteiger partial charge in [0.25, 0.3) is 5.91 Å². The Bertz CT molecular complexity index is 445. The molecule has 1 atom stereocenters. The number of hydrogen-bond donors (Lipinski definition) is 3. The number of benzene rings is 1. The van der Waals surface area contributed by atoms with Crippen LogP contribution < -0.4 is 15.8 Å². The molecule has 1 aromatic rings. The summed E-state index contributed by atoms with van der Waals surface area (Å²) in [5, 5.41) is 12.7. The average molecular weight is 280 g/mol. The van der Waals surface area contributed by atoms with Crippen LogP contribution in [0.1, 0.15) is 37.0 Å². The highest BCUT2D eigenvalue weighted by atomic mass is 16.5. The standard InChI is InChI=1S/C15H24N2O3/c1-4-10(5-2)12(18)9-17-15(19)14-11(16)7-6-8-13(14)20-3/h6-8,10,12,18H,4-5,9,16H2,1-3H3,(H,17,19). The Hall–Kier alpha value is -1.75. The summed E-state index contributed by atoms with van der Waals surface area (Å²) < 4.78 is 5.14. The molecule has 0 aliphatic rings. The predicted molar refractivity (Wildman–Crippen MR) is 79.8 cm³/mol. The number of carbonyl (C=O) groups is 1. The van der Waals surface area contributed by atoms with Crippen molar-refractivity contribution in [3.8, 4) is 5.75 Å². The van der Waals surface area contributed by atoms with Crippen molar-refractivity contribution in [2.75, 3.05) is 19.4 Å². The lowest BCUT2D eigenvalue weighted by Crippen LogP contribution is -2.36. The first-order chi connectivity index (χ1) is 9.54. The summed E-state index contributed by atoms with van der Waals surface area (Å²) in [7, 11) is 1.49. The molecule has 0 bridgehead atoms. The molecule has 0 fully saturated rings. The predicted octanol–water partition coefficient (Wildman–Crippen LogP) is 1.80. The van der Waals surface area contributed by atoms with Crippen LogP contribution in [0.5, 0.6) is 5.75 Å². The van der Waals surface area contributed by atoms with Crippen molar-refractivity contribution in [1.82, 2.24) is 5.32 Å². The zero-order chi connectivity index (χ0) is 15.1. The van der Waals surface area contributed by atoms with Crippen LogP contribution in [0.4, 0.5) is 5.69 Å². The molecule has 4 N–H and O–H groups in total. The second-order valence-electron chi connectivity index (χ2n) is 4.78. The fourth-order valence-corrected chi connectivity index (χ4v) is 2.25. The van der Waals surface area contributed by atoms with Crippen LogP contribution in [-0.4, -0.2) is 30.8 Å². The molecule has 0 radical (unpaired) electrons. The van der Waals surface area contributed by atoms with Crippen molar-refractivity contribution in [1.29, 1.82) is 0 Å². The number of anilines is 1. The second-order valence-corrected chi connectivity index (χ2v) is 4.78. The van der Waals surface area contributed by atoms with Gasteiger partial charge in [0, 0.05) is 12.2 Å². The first kappa shape index (κ1) is 16.3. The minimum absolute atomic E-state index is 0.185. The van der Waals surface area contributed by atoms with Crippen molar-refractivity contribution in [2.45, 2.75) is 32.8 Å². The highest BCUT2D eigenvalue weighted by Crippen LogP contribution is 2.23. The van der Waals surface area contributed by atoms with Crippen molar-refractivity contribution < 1.29 is 14.6 Å². The molecular formula is C15H24N2O3. The minimum Gasteiger partial charge on any atom is -0.496 e. The van der Waals surface area contributed by atoms with Gasteiger partial charge in [0.2, 0.25) is 0 Å². The number of hydrogen-bond acceptors (Lipinski definition) is 4. The first-order valence-corrected chi connectivity index (χ1v) is 6.93. The molecule has 5 nitrogen and oxygen atoms in total. The Morgan fingerprint density at radius 2 is 2.05 bits per heavy atom. The lowest BCUT2D eigenvalue weighted by atomic mass is 9.96. The van der Waals surface area contributed by atoms with Crippen molar-refractivity contribution in [2.24, 2.45) is 5.92 Å². The highest BCUT2D eigenvalue weighted by molar-refractivity contribution is 6.01. The van der Waals surface area contributed by atoms with Gasteiger partial charge in [-0.2, -0.15) is 0 Å². The van der Waals surface area contributed by atoms with Gasteiger partial charge in [0.1, 0.15) is 11.3 Å². The second kappa shape index (κ2) is 7.75. The molecule has 0 saturated carbocycles. The van der Waals surface area contributed by atoms with Gasteiger partial charge in [-0.15, -0.1) is 0 Å². The molecule has 112 valence electrons. The van der Waals surface area contributed by atoms with Crippen LogP contribution in [0.15, 0.2) is 18.2 Å². The summed E-state index contributed by atoms with van der Waals surface area (Å²) in [6, 6.07) is 5.06. The Balaban J connectivity index is 2.73. The molecule has 1 rings (SSSR count). The van der Waals surface area contributed by atoms with E-state index in [4.69, 9.17) is 10.5 Å². The van der Waals surface area contributed by atoms with Crippen LogP contribution in [-0.2, 0) is 0 Å². The van der Waals surface area contributed by atoms with Gasteiger partial charge in [-0.3, -0.25) is 4.79 Å². The first-order valence-electron chi connectivity index (χ1n) is 6.93. The maximum absolute atomic E-state index is 12.2. The van der Waals surface area contributed by atoms with E-state index in [2.05, 4.69) is 5.32 Å². The quantitative estimate of drug-likeness (QED) is 0.665. The van der Waals surface area contributed by atoms with Gasteiger partial charge >= 0.3 is 0 Å². The lowest BCUT2D eigenvalue weighted by molar-refractivity contribution is 0.0815. The maximum atomic E-state index is 12.2. The largest absolute Gasteiger partial charge is 0.496 e. The molecular weight excluding hydrogens is 256 g/mol. The van der Waals surface area contributed by atoms with Crippen molar-refractivity contribution in [3.63, 3.8) is 0 Å². The van der Waals surface area contributed by atoms with Crippen molar-refractivity contribution in [3.05, 3.63) is 23.8 Å². The van der Waals surface area contributed by atoms with E-state index in [9.17, 15) is 9.90 Å².